The molecule has 94 valence electrons. The van der Waals surface area contributed by atoms with Crippen molar-refractivity contribution in [2.75, 3.05) is 5.32 Å². The Hall–Kier alpha value is -1.74. The lowest BCUT2D eigenvalue weighted by Crippen LogP contribution is -2.08. The highest BCUT2D eigenvalue weighted by molar-refractivity contribution is 6.30. The molecule has 0 heterocycles. The van der Waals surface area contributed by atoms with E-state index in [1.165, 1.54) is 6.07 Å². The maximum absolute atomic E-state index is 13.6. The number of halogens is 2. The predicted octanol–water partition coefficient (Wildman–Crippen LogP) is 4.36. The number of phenols is 1. The summed E-state index contributed by atoms with van der Waals surface area (Å²) in [4.78, 5) is 0. The van der Waals surface area contributed by atoms with Crippen molar-refractivity contribution in [2.24, 2.45) is 0 Å². The number of hydrogen-bond acceptors (Lipinski definition) is 2. The monoisotopic (exact) mass is 265 g/mol. The van der Waals surface area contributed by atoms with Crippen LogP contribution in [0.25, 0.3) is 0 Å². The molecule has 18 heavy (non-hydrogen) atoms. The van der Waals surface area contributed by atoms with Gasteiger partial charge in [0.25, 0.3) is 0 Å². The number of para-hydroxylation sites is 1. The molecule has 0 aliphatic heterocycles. The standard InChI is InChI=1S/C14H13ClFNO/c1-9(11-4-2-3-5-14(11)18)17-13-7-6-10(15)8-12(13)16/h2-9,17-18H,1H3. The van der Waals surface area contributed by atoms with Crippen LogP contribution in [0.15, 0.2) is 42.5 Å². The van der Waals surface area contributed by atoms with Gasteiger partial charge < -0.3 is 10.4 Å². The van der Waals surface area contributed by atoms with Crippen molar-refractivity contribution < 1.29 is 9.50 Å². The maximum atomic E-state index is 13.6. The first-order valence-electron chi connectivity index (χ1n) is 5.57. The number of aromatic hydroxyl groups is 1. The van der Waals surface area contributed by atoms with Crippen molar-refractivity contribution in [1.82, 2.24) is 0 Å². The Morgan fingerprint density at radius 1 is 1.22 bits per heavy atom. The first-order valence-corrected chi connectivity index (χ1v) is 5.95. The molecule has 2 aromatic rings. The topological polar surface area (TPSA) is 32.3 Å². The van der Waals surface area contributed by atoms with E-state index in [-0.39, 0.29) is 11.8 Å². The Morgan fingerprint density at radius 3 is 2.61 bits per heavy atom. The minimum atomic E-state index is -0.412. The summed E-state index contributed by atoms with van der Waals surface area (Å²) in [5.74, 6) is -0.225. The van der Waals surface area contributed by atoms with Crippen molar-refractivity contribution in [1.29, 1.82) is 0 Å². The zero-order valence-corrected chi connectivity index (χ0v) is 10.6. The summed E-state index contributed by atoms with van der Waals surface area (Å²) >= 11 is 5.69. The van der Waals surface area contributed by atoms with Crippen LogP contribution < -0.4 is 5.32 Å². The van der Waals surface area contributed by atoms with E-state index in [0.29, 0.717) is 16.3 Å². The predicted molar refractivity (Wildman–Crippen MR) is 71.6 cm³/mol. The van der Waals surface area contributed by atoms with Crippen LogP contribution in [-0.2, 0) is 0 Å². The first kappa shape index (κ1) is 12.7. The van der Waals surface area contributed by atoms with Gasteiger partial charge in [-0.25, -0.2) is 4.39 Å². The fourth-order valence-electron chi connectivity index (χ4n) is 1.77. The minimum Gasteiger partial charge on any atom is -0.508 e. The van der Waals surface area contributed by atoms with Gasteiger partial charge in [0.15, 0.2) is 0 Å². The largest absolute Gasteiger partial charge is 0.508 e. The van der Waals surface area contributed by atoms with Crippen LogP contribution in [0.2, 0.25) is 5.02 Å². The number of anilines is 1. The molecule has 1 unspecified atom stereocenters. The Labute approximate surface area is 110 Å². The summed E-state index contributed by atoms with van der Waals surface area (Å²) in [7, 11) is 0. The van der Waals surface area contributed by atoms with Crippen LogP contribution in [0.4, 0.5) is 10.1 Å². The van der Waals surface area contributed by atoms with E-state index in [1.54, 1.807) is 30.3 Å². The van der Waals surface area contributed by atoms with E-state index in [1.807, 2.05) is 13.0 Å². The number of hydrogen-bond donors (Lipinski definition) is 2. The lowest BCUT2D eigenvalue weighted by molar-refractivity contribution is 0.465. The molecule has 0 fully saturated rings. The third-order valence-corrected chi connectivity index (χ3v) is 2.94. The van der Waals surface area contributed by atoms with Gasteiger partial charge in [-0.1, -0.05) is 29.8 Å². The quantitative estimate of drug-likeness (QED) is 0.864. The normalized spacial score (nSPS) is 12.2. The average molecular weight is 266 g/mol. The molecule has 0 aromatic heterocycles. The molecule has 0 aliphatic rings. The molecule has 2 N–H and O–H groups in total. The lowest BCUT2D eigenvalue weighted by atomic mass is 10.1. The SMILES string of the molecule is CC(Nc1ccc(Cl)cc1F)c1ccccc1O. The highest BCUT2D eigenvalue weighted by Crippen LogP contribution is 2.28. The second-order valence-corrected chi connectivity index (χ2v) is 4.49. The van der Waals surface area contributed by atoms with E-state index >= 15 is 0 Å². The molecule has 2 aromatic carbocycles. The molecular formula is C14H13ClFNO. The van der Waals surface area contributed by atoms with Gasteiger partial charge in [0.1, 0.15) is 11.6 Å². The van der Waals surface area contributed by atoms with E-state index in [0.717, 1.165) is 0 Å². The van der Waals surface area contributed by atoms with Crippen molar-refractivity contribution in [3.63, 3.8) is 0 Å². The van der Waals surface area contributed by atoms with Crippen LogP contribution >= 0.6 is 11.6 Å². The van der Waals surface area contributed by atoms with Crippen LogP contribution in [0, 0.1) is 5.82 Å². The Balaban J connectivity index is 2.21. The number of benzene rings is 2. The fourth-order valence-corrected chi connectivity index (χ4v) is 1.93. The molecule has 2 rings (SSSR count). The van der Waals surface area contributed by atoms with Crippen LogP contribution in [0.5, 0.6) is 5.75 Å². The fraction of sp³-hybridized carbons (Fsp3) is 0.143. The highest BCUT2D eigenvalue weighted by atomic mass is 35.5. The lowest BCUT2D eigenvalue weighted by Gasteiger charge is -2.17. The van der Waals surface area contributed by atoms with Gasteiger partial charge in [-0.15, -0.1) is 0 Å². The van der Waals surface area contributed by atoms with Crippen LogP contribution in [0.1, 0.15) is 18.5 Å². The molecular weight excluding hydrogens is 253 g/mol. The summed E-state index contributed by atoms with van der Waals surface area (Å²) in [6, 6.07) is 11.2. The van der Waals surface area contributed by atoms with Crippen LogP contribution in [0.3, 0.4) is 0 Å². The molecule has 0 aliphatic carbocycles. The second-order valence-electron chi connectivity index (χ2n) is 4.05. The first-order chi connectivity index (χ1) is 8.58. The highest BCUT2D eigenvalue weighted by Gasteiger charge is 2.11. The molecule has 0 radical (unpaired) electrons. The zero-order chi connectivity index (χ0) is 13.1. The van der Waals surface area contributed by atoms with Gasteiger partial charge in [0, 0.05) is 10.6 Å². The third kappa shape index (κ3) is 2.74. The van der Waals surface area contributed by atoms with Crippen molar-refractivity contribution >= 4 is 17.3 Å². The minimum absolute atomic E-state index is 0.187. The van der Waals surface area contributed by atoms with Gasteiger partial charge in [-0.05, 0) is 31.2 Å². The van der Waals surface area contributed by atoms with Crippen molar-refractivity contribution in [3.05, 3.63) is 58.9 Å². The number of rotatable bonds is 3. The molecule has 0 saturated carbocycles. The smallest absolute Gasteiger partial charge is 0.147 e. The molecule has 0 saturated heterocycles. The summed E-state index contributed by atoms with van der Waals surface area (Å²) in [6.07, 6.45) is 0. The molecule has 4 heteroatoms. The van der Waals surface area contributed by atoms with E-state index in [4.69, 9.17) is 11.6 Å². The van der Waals surface area contributed by atoms with Gasteiger partial charge >= 0.3 is 0 Å². The van der Waals surface area contributed by atoms with E-state index < -0.39 is 5.82 Å². The van der Waals surface area contributed by atoms with Gasteiger partial charge in [0.05, 0.1) is 11.7 Å². The molecule has 2 nitrogen and oxygen atoms in total. The Morgan fingerprint density at radius 2 is 1.94 bits per heavy atom. The number of phenolic OH excluding ortho intramolecular Hbond substituents is 1. The second kappa shape index (κ2) is 5.27. The van der Waals surface area contributed by atoms with Gasteiger partial charge in [-0.2, -0.15) is 0 Å². The Kier molecular flexibility index (Phi) is 3.72. The van der Waals surface area contributed by atoms with Gasteiger partial charge in [-0.3, -0.25) is 0 Å². The molecule has 0 spiro atoms. The molecule has 1 atom stereocenters. The van der Waals surface area contributed by atoms with Crippen LogP contribution in [-0.4, -0.2) is 5.11 Å². The molecule has 0 bridgehead atoms. The molecule has 0 amide bonds. The third-order valence-electron chi connectivity index (χ3n) is 2.71. The number of nitrogens with one attached hydrogen (secondary N) is 1. The summed E-state index contributed by atoms with van der Waals surface area (Å²) in [5.41, 5.74) is 1.07. The van der Waals surface area contributed by atoms with Crippen molar-refractivity contribution in [3.8, 4) is 5.75 Å². The summed E-state index contributed by atoms with van der Waals surface area (Å²) < 4.78 is 13.6. The van der Waals surface area contributed by atoms with Gasteiger partial charge in [0.2, 0.25) is 0 Å². The van der Waals surface area contributed by atoms with E-state index in [2.05, 4.69) is 5.32 Å². The summed E-state index contributed by atoms with van der Waals surface area (Å²) in [6.45, 7) is 1.85. The summed E-state index contributed by atoms with van der Waals surface area (Å²) in [5, 5.41) is 13.1. The van der Waals surface area contributed by atoms with Crippen molar-refractivity contribution in [2.45, 2.75) is 13.0 Å². The zero-order valence-electron chi connectivity index (χ0n) is 9.82. The maximum Gasteiger partial charge on any atom is 0.147 e. The van der Waals surface area contributed by atoms with E-state index in [9.17, 15) is 9.50 Å². The average Bonchev–Trinajstić information content (AvgIpc) is 2.33. The Bertz CT molecular complexity index is 559.